The molecular weight excluding hydrogens is 453 g/mol. The Kier molecular flexibility index (Phi) is 7.37. The van der Waals surface area contributed by atoms with Gasteiger partial charge in [0.2, 0.25) is 0 Å². The number of carboxylic acids is 1. The third-order valence-electron chi connectivity index (χ3n) is 5.20. The Labute approximate surface area is 194 Å². The van der Waals surface area contributed by atoms with Gasteiger partial charge in [0.1, 0.15) is 17.6 Å². The summed E-state index contributed by atoms with van der Waals surface area (Å²) in [6, 6.07) is 12.3. The fourth-order valence-electron chi connectivity index (χ4n) is 3.41. The van der Waals surface area contributed by atoms with Crippen molar-refractivity contribution in [1.82, 2.24) is 0 Å². The van der Waals surface area contributed by atoms with Crippen molar-refractivity contribution in [3.05, 3.63) is 70.1 Å². The lowest BCUT2D eigenvalue weighted by molar-refractivity contribution is -0.145. The average molecular weight is 479 g/mol. The molecule has 1 aromatic heterocycles. The van der Waals surface area contributed by atoms with Gasteiger partial charge in [0.15, 0.2) is 6.10 Å². The Bertz CT molecular complexity index is 1120. The number of aryl methyl sites for hydroxylation is 2. The van der Waals surface area contributed by atoms with Crippen LogP contribution < -0.4 is 9.47 Å². The van der Waals surface area contributed by atoms with Crippen LogP contribution in [0.3, 0.4) is 0 Å². The van der Waals surface area contributed by atoms with E-state index in [1.165, 1.54) is 23.5 Å². The Hall–Kier alpha value is -3.00. The third-order valence-corrected chi connectivity index (χ3v) is 6.64. The molecule has 0 aliphatic carbocycles. The number of alkyl halides is 3. The van der Waals surface area contributed by atoms with Crippen molar-refractivity contribution in [2.75, 3.05) is 0 Å². The summed E-state index contributed by atoms with van der Waals surface area (Å²) in [7, 11) is 0. The van der Waals surface area contributed by atoms with Crippen LogP contribution >= 0.6 is 11.3 Å². The first-order chi connectivity index (χ1) is 15.5. The van der Waals surface area contributed by atoms with Gasteiger partial charge in [-0.3, -0.25) is 0 Å². The van der Waals surface area contributed by atoms with Gasteiger partial charge in [0.25, 0.3) is 0 Å². The molecule has 1 heterocycles. The number of carbonyl (C=O) groups is 1. The number of hydrogen-bond donors (Lipinski definition) is 1. The second-order valence-corrected chi connectivity index (χ2v) is 8.86. The molecule has 0 radical (unpaired) electrons. The Balaban J connectivity index is 1.74. The average Bonchev–Trinajstić information content (AvgIpc) is 3.14. The van der Waals surface area contributed by atoms with Gasteiger partial charge in [-0.25, -0.2) is 4.79 Å². The Morgan fingerprint density at radius 1 is 1.03 bits per heavy atom. The molecule has 33 heavy (non-hydrogen) atoms. The van der Waals surface area contributed by atoms with Crippen LogP contribution in [-0.2, 0) is 11.0 Å². The van der Waals surface area contributed by atoms with Gasteiger partial charge in [0.05, 0.1) is 5.56 Å². The molecule has 0 saturated heterocycles. The quantitative estimate of drug-likeness (QED) is 0.366. The summed E-state index contributed by atoms with van der Waals surface area (Å²) < 4.78 is 50.1. The molecule has 8 heteroatoms. The lowest BCUT2D eigenvalue weighted by atomic mass is 10.1. The van der Waals surface area contributed by atoms with Crippen molar-refractivity contribution >= 4 is 17.3 Å². The first kappa shape index (κ1) is 24.6. The summed E-state index contributed by atoms with van der Waals surface area (Å²) in [5.74, 6) is 0.0867. The topological polar surface area (TPSA) is 55.8 Å². The Morgan fingerprint density at radius 2 is 1.70 bits per heavy atom. The number of ether oxygens (including phenoxy) is 2. The van der Waals surface area contributed by atoms with E-state index in [2.05, 4.69) is 0 Å². The predicted molar refractivity (Wildman–Crippen MR) is 122 cm³/mol. The molecule has 0 bridgehead atoms. The monoisotopic (exact) mass is 478 g/mol. The predicted octanol–water partition coefficient (Wildman–Crippen LogP) is 7.43. The zero-order valence-electron chi connectivity index (χ0n) is 18.7. The largest absolute Gasteiger partial charge is 0.485 e. The summed E-state index contributed by atoms with van der Waals surface area (Å²) in [6.07, 6.45) is -5.21. The minimum Gasteiger partial charge on any atom is -0.485 e. The van der Waals surface area contributed by atoms with E-state index in [4.69, 9.17) is 9.47 Å². The molecule has 0 amide bonds. The highest BCUT2D eigenvalue weighted by molar-refractivity contribution is 7.15. The molecule has 0 saturated carbocycles. The molecule has 176 valence electrons. The molecule has 2 aromatic carbocycles. The molecule has 2 unspecified atom stereocenters. The number of hydrogen-bond acceptors (Lipinski definition) is 4. The number of carboxylic acid groups (broad SMARTS) is 1. The molecule has 4 nitrogen and oxygen atoms in total. The molecular formula is C25H25F3O4S. The zero-order valence-corrected chi connectivity index (χ0v) is 19.5. The van der Waals surface area contributed by atoms with Crippen LogP contribution in [0.25, 0.3) is 10.4 Å². The zero-order chi connectivity index (χ0) is 24.3. The molecule has 0 aliphatic rings. The van der Waals surface area contributed by atoms with Crippen LogP contribution in [0.5, 0.6) is 11.5 Å². The summed E-state index contributed by atoms with van der Waals surface area (Å²) in [4.78, 5) is 13.1. The van der Waals surface area contributed by atoms with E-state index in [1.807, 2.05) is 26.8 Å². The van der Waals surface area contributed by atoms with E-state index in [0.29, 0.717) is 17.9 Å². The van der Waals surface area contributed by atoms with Crippen molar-refractivity contribution in [1.29, 1.82) is 0 Å². The Morgan fingerprint density at radius 3 is 2.24 bits per heavy atom. The second kappa shape index (κ2) is 9.87. The number of aliphatic carboxylic acids is 1. The minimum atomic E-state index is -4.36. The summed E-state index contributed by atoms with van der Waals surface area (Å²) in [5, 5.41) is 9.19. The summed E-state index contributed by atoms with van der Waals surface area (Å²) in [5.41, 5.74) is 1.79. The van der Waals surface area contributed by atoms with E-state index in [9.17, 15) is 23.1 Å². The van der Waals surface area contributed by atoms with Crippen molar-refractivity contribution in [3.63, 3.8) is 0 Å². The van der Waals surface area contributed by atoms with E-state index in [0.717, 1.165) is 38.6 Å². The third kappa shape index (κ3) is 5.87. The van der Waals surface area contributed by atoms with Crippen LogP contribution in [0, 0.1) is 13.8 Å². The summed E-state index contributed by atoms with van der Waals surface area (Å²) in [6.45, 7) is 7.42. The highest BCUT2D eigenvalue weighted by Crippen LogP contribution is 2.38. The molecule has 0 spiro atoms. The SMILES string of the molecule is CCC(Oc1ccc(OC(C)c2sc(-c3ccc(C(F)(F)F)cc3)cc2C)cc1C)C(=O)O. The minimum absolute atomic E-state index is 0.285. The summed E-state index contributed by atoms with van der Waals surface area (Å²) >= 11 is 1.48. The van der Waals surface area contributed by atoms with Gasteiger partial charge in [-0.15, -0.1) is 11.3 Å². The number of benzene rings is 2. The van der Waals surface area contributed by atoms with E-state index < -0.39 is 23.8 Å². The van der Waals surface area contributed by atoms with E-state index in [1.54, 1.807) is 25.1 Å². The van der Waals surface area contributed by atoms with Gasteiger partial charge in [0, 0.05) is 9.75 Å². The highest BCUT2D eigenvalue weighted by Gasteiger charge is 2.30. The van der Waals surface area contributed by atoms with Crippen LogP contribution in [0.2, 0.25) is 0 Å². The van der Waals surface area contributed by atoms with Crippen LogP contribution in [-0.4, -0.2) is 17.2 Å². The van der Waals surface area contributed by atoms with Crippen molar-refractivity contribution in [2.24, 2.45) is 0 Å². The molecule has 2 atom stereocenters. The van der Waals surface area contributed by atoms with Crippen LogP contribution in [0.4, 0.5) is 13.2 Å². The standard InChI is InChI=1S/C25H25F3O4S/c1-5-20(24(29)30)32-21-11-10-19(12-14(21)2)31-16(4)23-15(3)13-22(33-23)17-6-8-18(9-7-17)25(26,27)28/h6-13,16,20H,5H2,1-4H3,(H,29,30). The molecule has 1 N–H and O–H groups in total. The molecule has 0 fully saturated rings. The maximum atomic E-state index is 12.8. The van der Waals surface area contributed by atoms with Gasteiger partial charge in [-0.2, -0.15) is 13.2 Å². The van der Waals surface area contributed by atoms with Gasteiger partial charge in [-0.1, -0.05) is 19.1 Å². The fraction of sp³-hybridized carbons (Fsp3) is 0.320. The molecule has 3 rings (SSSR count). The lowest BCUT2D eigenvalue weighted by Gasteiger charge is -2.18. The van der Waals surface area contributed by atoms with Gasteiger partial charge in [-0.05, 0) is 80.3 Å². The van der Waals surface area contributed by atoms with E-state index >= 15 is 0 Å². The van der Waals surface area contributed by atoms with Crippen molar-refractivity contribution in [2.45, 2.75) is 52.5 Å². The van der Waals surface area contributed by atoms with Crippen molar-refractivity contribution < 1.29 is 32.5 Å². The van der Waals surface area contributed by atoms with E-state index in [-0.39, 0.29) is 6.10 Å². The first-order valence-corrected chi connectivity index (χ1v) is 11.3. The van der Waals surface area contributed by atoms with Crippen LogP contribution in [0.1, 0.15) is 47.9 Å². The smallest absolute Gasteiger partial charge is 0.416 e. The van der Waals surface area contributed by atoms with Gasteiger partial charge < -0.3 is 14.6 Å². The van der Waals surface area contributed by atoms with Gasteiger partial charge >= 0.3 is 12.1 Å². The number of rotatable bonds is 8. The fourth-order valence-corrected chi connectivity index (χ4v) is 4.57. The lowest BCUT2D eigenvalue weighted by Crippen LogP contribution is -2.26. The normalized spacial score (nSPS) is 13.4. The maximum Gasteiger partial charge on any atom is 0.416 e. The van der Waals surface area contributed by atoms with Crippen LogP contribution in [0.15, 0.2) is 48.5 Å². The maximum absolute atomic E-state index is 12.8. The molecule has 3 aromatic rings. The molecule has 0 aliphatic heterocycles. The number of halogens is 3. The second-order valence-electron chi connectivity index (χ2n) is 7.77. The first-order valence-electron chi connectivity index (χ1n) is 10.4. The number of thiophene rings is 1. The van der Waals surface area contributed by atoms with Crippen molar-refractivity contribution in [3.8, 4) is 21.9 Å². The highest BCUT2D eigenvalue weighted by atomic mass is 32.1.